The zero-order valence-electron chi connectivity index (χ0n) is 14.7. The Morgan fingerprint density at radius 1 is 1.16 bits per heavy atom. The Balaban J connectivity index is 1.71. The van der Waals surface area contributed by atoms with Crippen molar-refractivity contribution in [2.45, 2.75) is 31.8 Å². The van der Waals surface area contributed by atoms with Gasteiger partial charge in [-0.25, -0.2) is 0 Å². The van der Waals surface area contributed by atoms with Crippen molar-refractivity contribution in [3.05, 3.63) is 53.1 Å². The molecule has 0 saturated heterocycles. The highest BCUT2D eigenvalue weighted by atomic mass is 16.5. The quantitative estimate of drug-likeness (QED) is 0.887. The topological polar surface area (TPSA) is 47.9 Å². The normalized spacial score (nSPS) is 20.0. The minimum Gasteiger partial charge on any atom is -0.508 e. The predicted octanol–water partition coefficient (Wildman–Crippen LogP) is 4.30. The van der Waals surface area contributed by atoms with Crippen molar-refractivity contribution in [3.8, 4) is 23.0 Å². The molecule has 0 spiro atoms. The number of ether oxygens (including phenoxy) is 3. The van der Waals surface area contributed by atoms with Crippen LogP contribution in [0.3, 0.4) is 0 Å². The highest BCUT2D eigenvalue weighted by Gasteiger charge is 2.29. The molecule has 2 aromatic carbocycles. The van der Waals surface area contributed by atoms with Gasteiger partial charge in [-0.2, -0.15) is 0 Å². The molecule has 4 heteroatoms. The number of fused-ring (bicyclic) bond motifs is 2. The molecule has 25 heavy (non-hydrogen) atoms. The average molecular weight is 338 g/mol. The van der Waals surface area contributed by atoms with Gasteiger partial charge in [0.1, 0.15) is 28.6 Å². The smallest absolute Gasteiger partial charge is 0.133 e. The molecule has 2 heterocycles. The Hall–Kier alpha value is -2.62. The van der Waals surface area contributed by atoms with E-state index in [9.17, 15) is 5.11 Å². The number of phenols is 1. The molecule has 2 aliphatic heterocycles. The summed E-state index contributed by atoms with van der Waals surface area (Å²) in [6, 6.07) is 9.39. The monoisotopic (exact) mass is 338 g/mol. The first kappa shape index (κ1) is 15.9. The second kappa shape index (κ2) is 5.73. The van der Waals surface area contributed by atoms with Crippen molar-refractivity contribution in [1.29, 1.82) is 0 Å². The molecule has 4 nitrogen and oxygen atoms in total. The minimum absolute atomic E-state index is 0.195. The third-order valence-electron chi connectivity index (χ3n) is 4.81. The molecular formula is C21H22O4. The Labute approximate surface area is 147 Å². The summed E-state index contributed by atoms with van der Waals surface area (Å²) in [5.74, 6) is 2.88. The summed E-state index contributed by atoms with van der Waals surface area (Å²) >= 11 is 0. The first-order valence-electron chi connectivity index (χ1n) is 8.51. The van der Waals surface area contributed by atoms with E-state index in [1.54, 1.807) is 19.2 Å². The van der Waals surface area contributed by atoms with Crippen LogP contribution in [0.25, 0.3) is 6.08 Å². The second-order valence-corrected chi connectivity index (χ2v) is 7.14. The van der Waals surface area contributed by atoms with Crippen LogP contribution in [-0.2, 0) is 6.42 Å². The molecule has 4 rings (SSSR count). The number of hydrogen-bond acceptors (Lipinski definition) is 4. The van der Waals surface area contributed by atoms with Gasteiger partial charge in [0.05, 0.1) is 19.3 Å². The minimum atomic E-state index is -0.311. The van der Waals surface area contributed by atoms with Crippen LogP contribution in [0.2, 0.25) is 0 Å². The van der Waals surface area contributed by atoms with Crippen molar-refractivity contribution < 1.29 is 19.3 Å². The fourth-order valence-electron chi connectivity index (χ4n) is 3.56. The lowest BCUT2D eigenvalue weighted by Crippen LogP contribution is -2.28. The Morgan fingerprint density at radius 3 is 2.80 bits per heavy atom. The van der Waals surface area contributed by atoms with Crippen molar-refractivity contribution >= 4 is 6.08 Å². The molecule has 1 N–H and O–H groups in total. The average Bonchev–Trinajstić information content (AvgIpc) is 2.59. The van der Waals surface area contributed by atoms with Crippen LogP contribution < -0.4 is 14.2 Å². The second-order valence-electron chi connectivity index (χ2n) is 7.14. The van der Waals surface area contributed by atoms with Crippen LogP contribution in [0.5, 0.6) is 23.0 Å². The molecule has 2 aromatic rings. The number of hydrogen-bond donors (Lipinski definition) is 1. The standard InChI is InChI=1S/C21H22O4/c1-21(2)9-8-17-18(25-21)7-6-16(20(17)23-3)14-10-13-4-5-15(22)11-19(13)24-12-14/h4-9,11,14,22H,10,12H2,1-3H3/t14-/m1/s1. The summed E-state index contributed by atoms with van der Waals surface area (Å²) in [6.45, 7) is 4.63. The molecule has 0 amide bonds. The molecule has 0 saturated carbocycles. The van der Waals surface area contributed by atoms with Crippen LogP contribution in [0, 0.1) is 0 Å². The number of methoxy groups -OCH3 is 1. The molecule has 0 aromatic heterocycles. The summed E-state index contributed by atoms with van der Waals surface area (Å²) in [5.41, 5.74) is 2.89. The van der Waals surface area contributed by atoms with E-state index < -0.39 is 0 Å². The lowest BCUT2D eigenvalue weighted by atomic mass is 9.87. The van der Waals surface area contributed by atoms with Crippen LogP contribution in [0.1, 0.15) is 36.5 Å². The summed E-state index contributed by atoms with van der Waals surface area (Å²) in [5, 5.41) is 9.61. The van der Waals surface area contributed by atoms with Gasteiger partial charge >= 0.3 is 0 Å². The van der Waals surface area contributed by atoms with E-state index in [1.165, 1.54) is 0 Å². The van der Waals surface area contributed by atoms with E-state index in [4.69, 9.17) is 14.2 Å². The molecule has 1 atom stereocenters. The highest BCUT2D eigenvalue weighted by molar-refractivity contribution is 5.69. The highest BCUT2D eigenvalue weighted by Crippen LogP contribution is 2.44. The maximum atomic E-state index is 9.61. The van der Waals surface area contributed by atoms with Gasteiger partial charge in [0.2, 0.25) is 0 Å². The molecule has 0 radical (unpaired) electrons. The number of phenolic OH excluding ortho intramolecular Hbond substituents is 1. The largest absolute Gasteiger partial charge is 0.508 e. The first-order valence-corrected chi connectivity index (χ1v) is 8.51. The zero-order valence-corrected chi connectivity index (χ0v) is 14.7. The van der Waals surface area contributed by atoms with Gasteiger partial charge in [-0.15, -0.1) is 0 Å². The molecular weight excluding hydrogens is 316 g/mol. The van der Waals surface area contributed by atoms with Crippen LogP contribution >= 0.6 is 0 Å². The molecule has 130 valence electrons. The lowest BCUT2D eigenvalue weighted by Gasteiger charge is -2.31. The van der Waals surface area contributed by atoms with Crippen LogP contribution in [0.4, 0.5) is 0 Å². The van der Waals surface area contributed by atoms with Gasteiger partial charge in [0.15, 0.2) is 0 Å². The van der Waals surface area contributed by atoms with Gasteiger partial charge in [0.25, 0.3) is 0 Å². The summed E-state index contributed by atoms with van der Waals surface area (Å²) in [4.78, 5) is 0. The van der Waals surface area contributed by atoms with E-state index in [1.807, 2.05) is 26.0 Å². The summed E-state index contributed by atoms with van der Waals surface area (Å²) < 4.78 is 17.7. The SMILES string of the molecule is COc1c([C@H]2COc3cc(O)ccc3C2)ccc2c1C=CC(C)(C)O2. The Morgan fingerprint density at radius 2 is 2.00 bits per heavy atom. The number of benzene rings is 2. The van der Waals surface area contributed by atoms with E-state index in [0.29, 0.717) is 6.61 Å². The first-order chi connectivity index (χ1) is 12.0. The van der Waals surface area contributed by atoms with Gasteiger partial charge in [-0.05, 0) is 50.1 Å². The van der Waals surface area contributed by atoms with Crippen molar-refractivity contribution in [2.75, 3.05) is 13.7 Å². The fourth-order valence-corrected chi connectivity index (χ4v) is 3.56. The van der Waals surface area contributed by atoms with Gasteiger partial charge in [-0.3, -0.25) is 0 Å². The van der Waals surface area contributed by atoms with Crippen LogP contribution in [0.15, 0.2) is 36.4 Å². The lowest BCUT2D eigenvalue weighted by molar-refractivity contribution is 0.158. The van der Waals surface area contributed by atoms with E-state index in [0.717, 1.165) is 40.4 Å². The Kier molecular flexibility index (Phi) is 3.64. The van der Waals surface area contributed by atoms with Crippen molar-refractivity contribution in [1.82, 2.24) is 0 Å². The third-order valence-corrected chi connectivity index (χ3v) is 4.81. The van der Waals surface area contributed by atoms with Crippen molar-refractivity contribution in [3.63, 3.8) is 0 Å². The van der Waals surface area contributed by atoms with Crippen molar-refractivity contribution in [2.24, 2.45) is 0 Å². The predicted molar refractivity (Wildman–Crippen MR) is 96.8 cm³/mol. The summed E-state index contributed by atoms with van der Waals surface area (Å²) in [7, 11) is 1.70. The molecule has 0 aliphatic carbocycles. The van der Waals surface area contributed by atoms with Crippen LogP contribution in [-0.4, -0.2) is 24.4 Å². The van der Waals surface area contributed by atoms with E-state index >= 15 is 0 Å². The van der Waals surface area contributed by atoms with E-state index in [-0.39, 0.29) is 17.3 Å². The van der Waals surface area contributed by atoms with Gasteiger partial charge in [0, 0.05) is 17.5 Å². The fraction of sp³-hybridized carbons (Fsp3) is 0.333. The molecule has 2 aliphatic rings. The van der Waals surface area contributed by atoms with Gasteiger partial charge < -0.3 is 19.3 Å². The summed E-state index contributed by atoms with van der Waals surface area (Å²) in [6.07, 6.45) is 4.98. The molecule has 0 fully saturated rings. The number of rotatable bonds is 2. The molecule has 0 bridgehead atoms. The zero-order chi connectivity index (χ0) is 17.6. The number of aromatic hydroxyl groups is 1. The van der Waals surface area contributed by atoms with Gasteiger partial charge in [-0.1, -0.05) is 12.1 Å². The maximum Gasteiger partial charge on any atom is 0.133 e. The maximum absolute atomic E-state index is 9.61. The third kappa shape index (κ3) is 2.82. The van der Waals surface area contributed by atoms with E-state index in [2.05, 4.69) is 18.2 Å². The Bertz CT molecular complexity index is 851. The molecule has 0 unspecified atom stereocenters.